The van der Waals surface area contributed by atoms with Crippen LogP contribution < -0.4 is 11.3 Å². The van der Waals surface area contributed by atoms with Crippen molar-refractivity contribution in [2.45, 2.75) is 44.6 Å². The Bertz CT molecular complexity index is 603. The first-order valence-corrected chi connectivity index (χ1v) is 7.94. The van der Waals surface area contributed by atoms with Crippen LogP contribution in [0.15, 0.2) is 36.4 Å². The fraction of sp³-hybridized carbons (Fsp3) is 0.444. The Kier molecular flexibility index (Phi) is 4.51. The van der Waals surface area contributed by atoms with Crippen molar-refractivity contribution >= 4 is 10.8 Å². The lowest BCUT2D eigenvalue weighted by Gasteiger charge is -2.27. The highest BCUT2D eigenvalue weighted by Crippen LogP contribution is 2.36. The Balaban J connectivity index is 2.02. The van der Waals surface area contributed by atoms with Crippen LogP contribution in [0.4, 0.5) is 4.39 Å². The molecule has 0 saturated heterocycles. The number of halogens is 1. The fourth-order valence-corrected chi connectivity index (χ4v) is 3.68. The van der Waals surface area contributed by atoms with Crippen molar-refractivity contribution in [2.75, 3.05) is 0 Å². The van der Waals surface area contributed by atoms with E-state index in [0.717, 1.165) is 10.9 Å². The summed E-state index contributed by atoms with van der Waals surface area (Å²) >= 11 is 0. The Hall–Kier alpha value is -1.45. The van der Waals surface area contributed by atoms with Crippen LogP contribution in [0.2, 0.25) is 0 Å². The Morgan fingerprint density at radius 1 is 0.952 bits per heavy atom. The lowest BCUT2D eigenvalue weighted by atomic mass is 9.85. The SMILES string of the molecule is NNC(c1ccc(F)c2ccccc12)C1CCCCCC1. The zero-order valence-corrected chi connectivity index (χ0v) is 12.3. The number of hydrazine groups is 1. The maximum atomic E-state index is 14.0. The molecule has 1 unspecified atom stereocenters. The number of hydrogen-bond acceptors (Lipinski definition) is 2. The second-order valence-electron chi connectivity index (χ2n) is 6.08. The zero-order valence-electron chi connectivity index (χ0n) is 12.3. The Labute approximate surface area is 125 Å². The molecule has 1 saturated carbocycles. The lowest BCUT2D eigenvalue weighted by molar-refractivity contribution is 0.330. The van der Waals surface area contributed by atoms with Gasteiger partial charge in [0, 0.05) is 11.4 Å². The molecule has 2 nitrogen and oxygen atoms in total. The van der Waals surface area contributed by atoms with Crippen molar-refractivity contribution < 1.29 is 4.39 Å². The molecule has 1 atom stereocenters. The maximum absolute atomic E-state index is 14.0. The molecule has 1 aliphatic rings. The van der Waals surface area contributed by atoms with Gasteiger partial charge in [-0.2, -0.15) is 0 Å². The summed E-state index contributed by atoms with van der Waals surface area (Å²) < 4.78 is 14.0. The summed E-state index contributed by atoms with van der Waals surface area (Å²) in [7, 11) is 0. The van der Waals surface area contributed by atoms with Crippen LogP contribution >= 0.6 is 0 Å². The van der Waals surface area contributed by atoms with Crippen LogP contribution in [0.5, 0.6) is 0 Å². The summed E-state index contributed by atoms with van der Waals surface area (Å²) in [5.74, 6) is 6.24. The number of fused-ring (bicyclic) bond motifs is 1. The summed E-state index contributed by atoms with van der Waals surface area (Å²) in [6.07, 6.45) is 7.56. The molecule has 0 aromatic heterocycles. The van der Waals surface area contributed by atoms with Gasteiger partial charge in [0.2, 0.25) is 0 Å². The van der Waals surface area contributed by atoms with Crippen LogP contribution in [0.3, 0.4) is 0 Å². The van der Waals surface area contributed by atoms with Gasteiger partial charge in [-0.25, -0.2) is 4.39 Å². The van der Waals surface area contributed by atoms with E-state index in [1.807, 2.05) is 30.3 Å². The molecule has 2 aromatic carbocycles. The third-order valence-corrected chi connectivity index (χ3v) is 4.79. The molecule has 112 valence electrons. The van der Waals surface area contributed by atoms with Gasteiger partial charge in [-0.1, -0.05) is 56.0 Å². The Morgan fingerprint density at radius 2 is 1.62 bits per heavy atom. The van der Waals surface area contributed by atoms with Crippen molar-refractivity contribution in [3.05, 3.63) is 47.8 Å². The van der Waals surface area contributed by atoms with Crippen molar-refractivity contribution in [1.82, 2.24) is 5.43 Å². The first kappa shape index (κ1) is 14.5. The van der Waals surface area contributed by atoms with Crippen LogP contribution in [0.25, 0.3) is 10.8 Å². The molecule has 3 N–H and O–H groups in total. The van der Waals surface area contributed by atoms with E-state index in [1.54, 1.807) is 6.07 Å². The summed E-state index contributed by atoms with van der Waals surface area (Å²) in [6.45, 7) is 0. The highest BCUT2D eigenvalue weighted by Gasteiger charge is 2.25. The van der Waals surface area contributed by atoms with Crippen molar-refractivity contribution in [3.8, 4) is 0 Å². The van der Waals surface area contributed by atoms with Crippen molar-refractivity contribution in [1.29, 1.82) is 0 Å². The minimum Gasteiger partial charge on any atom is -0.271 e. The fourth-order valence-electron chi connectivity index (χ4n) is 3.68. The molecule has 0 heterocycles. The third kappa shape index (κ3) is 2.94. The van der Waals surface area contributed by atoms with E-state index < -0.39 is 0 Å². The molecular formula is C18H23FN2. The number of hydrogen-bond donors (Lipinski definition) is 2. The van der Waals surface area contributed by atoms with Crippen LogP contribution in [0, 0.1) is 11.7 Å². The molecule has 21 heavy (non-hydrogen) atoms. The molecule has 0 bridgehead atoms. The molecule has 2 aromatic rings. The average molecular weight is 286 g/mol. The summed E-state index contributed by atoms with van der Waals surface area (Å²) in [5.41, 5.74) is 4.13. The molecular weight excluding hydrogens is 263 g/mol. The average Bonchev–Trinajstić information content (AvgIpc) is 2.80. The maximum Gasteiger partial charge on any atom is 0.131 e. The molecule has 1 fully saturated rings. The quantitative estimate of drug-likeness (QED) is 0.497. The topological polar surface area (TPSA) is 38.0 Å². The van der Waals surface area contributed by atoms with Gasteiger partial charge < -0.3 is 0 Å². The minimum atomic E-state index is -0.161. The van der Waals surface area contributed by atoms with Gasteiger partial charge >= 0.3 is 0 Å². The summed E-state index contributed by atoms with van der Waals surface area (Å²) in [6, 6.07) is 11.3. The normalized spacial score (nSPS) is 18.6. The smallest absolute Gasteiger partial charge is 0.131 e. The summed E-state index contributed by atoms with van der Waals surface area (Å²) in [4.78, 5) is 0. The molecule has 0 radical (unpaired) electrons. The van der Waals surface area contributed by atoms with Gasteiger partial charge in [0.15, 0.2) is 0 Å². The van der Waals surface area contributed by atoms with Crippen LogP contribution in [-0.2, 0) is 0 Å². The molecule has 3 rings (SSSR count). The van der Waals surface area contributed by atoms with E-state index >= 15 is 0 Å². The van der Waals surface area contributed by atoms with E-state index in [2.05, 4.69) is 5.43 Å². The molecule has 3 heteroatoms. The standard InChI is InChI=1S/C18H23FN2/c19-17-12-11-16(14-9-5-6-10-15(14)17)18(21-20)13-7-3-1-2-4-8-13/h5-6,9-13,18,21H,1-4,7-8,20H2. The van der Waals surface area contributed by atoms with Gasteiger partial charge in [-0.05, 0) is 35.8 Å². The molecule has 0 spiro atoms. The van der Waals surface area contributed by atoms with Gasteiger partial charge in [-0.15, -0.1) is 0 Å². The molecule has 0 aliphatic heterocycles. The van der Waals surface area contributed by atoms with Gasteiger partial charge in [0.05, 0.1) is 0 Å². The predicted octanol–water partition coefficient (Wildman–Crippen LogP) is 4.45. The predicted molar refractivity (Wildman–Crippen MR) is 85.2 cm³/mol. The largest absolute Gasteiger partial charge is 0.271 e. The monoisotopic (exact) mass is 286 g/mol. The first-order valence-electron chi connectivity index (χ1n) is 7.94. The molecule has 1 aliphatic carbocycles. The number of nitrogens with two attached hydrogens (primary N) is 1. The van der Waals surface area contributed by atoms with Crippen molar-refractivity contribution in [3.63, 3.8) is 0 Å². The third-order valence-electron chi connectivity index (χ3n) is 4.79. The van der Waals surface area contributed by atoms with Crippen LogP contribution in [0.1, 0.15) is 50.1 Å². The number of rotatable bonds is 3. The number of nitrogens with one attached hydrogen (secondary N) is 1. The van der Waals surface area contributed by atoms with E-state index in [4.69, 9.17) is 5.84 Å². The van der Waals surface area contributed by atoms with Crippen LogP contribution in [-0.4, -0.2) is 0 Å². The number of benzene rings is 2. The van der Waals surface area contributed by atoms with Gasteiger partial charge in [-0.3, -0.25) is 11.3 Å². The van der Waals surface area contributed by atoms with Gasteiger partial charge in [0.25, 0.3) is 0 Å². The van der Waals surface area contributed by atoms with Gasteiger partial charge in [0.1, 0.15) is 5.82 Å². The van der Waals surface area contributed by atoms with E-state index in [1.165, 1.54) is 38.5 Å². The zero-order chi connectivity index (χ0) is 14.7. The highest BCUT2D eigenvalue weighted by molar-refractivity contribution is 5.86. The van der Waals surface area contributed by atoms with E-state index in [-0.39, 0.29) is 11.9 Å². The minimum absolute atomic E-state index is 0.105. The Morgan fingerprint density at radius 3 is 2.29 bits per heavy atom. The first-order chi connectivity index (χ1) is 10.3. The van der Waals surface area contributed by atoms with E-state index in [9.17, 15) is 4.39 Å². The van der Waals surface area contributed by atoms with E-state index in [0.29, 0.717) is 11.3 Å². The van der Waals surface area contributed by atoms with Crippen molar-refractivity contribution in [2.24, 2.45) is 11.8 Å². The molecule has 0 amide bonds. The highest BCUT2D eigenvalue weighted by atomic mass is 19.1. The second-order valence-corrected chi connectivity index (χ2v) is 6.08. The second kappa shape index (κ2) is 6.54. The lowest BCUT2D eigenvalue weighted by Crippen LogP contribution is -2.33. The summed E-state index contributed by atoms with van der Waals surface area (Å²) in [5, 5.41) is 1.66.